The van der Waals surface area contributed by atoms with Gasteiger partial charge in [-0.05, 0) is 18.9 Å². The highest BCUT2D eigenvalue weighted by Crippen LogP contribution is 2.42. The predicted octanol–water partition coefficient (Wildman–Crippen LogP) is 1.87. The van der Waals surface area contributed by atoms with Crippen LogP contribution in [0.25, 0.3) is 5.69 Å². The number of carbonyl (C=O) groups is 1. The number of hydrogen-bond donors (Lipinski definition) is 0. The van der Waals surface area contributed by atoms with E-state index >= 15 is 0 Å². The zero-order valence-corrected chi connectivity index (χ0v) is 11.2. The van der Waals surface area contributed by atoms with E-state index in [1.807, 2.05) is 0 Å². The molecule has 21 heavy (non-hydrogen) atoms. The lowest BCUT2D eigenvalue weighted by atomic mass is 10.2. The first-order valence-corrected chi connectivity index (χ1v) is 6.39. The van der Waals surface area contributed by atoms with Gasteiger partial charge in [-0.25, -0.2) is 4.68 Å². The SMILES string of the molecule is COc1ccc([N+](=O)[O-])cc1-n1nnc(C=O)c1C1CC1. The monoisotopic (exact) mass is 288 g/mol. The van der Waals surface area contributed by atoms with Crippen LogP contribution in [0.3, 0.4) is 0 Å². The molecule has 8 nitrogen and oxygen atoms in total. The summed E-state index contributed by atoms with van der Waals surface area (Å²) in [5.74, 6) is 0.647. The van der Waals surface area contributed by atoms with E-state index < -0.39 is 4.92 Å². The summed E-state index contributed by atoms with van der Waals surface area (Å²) in [6.07, 6.45) is 2.55. The molecule has 108 valence electrons. The molecule has 0 saturated heterocycles. The van der Waals surface area contributed by atoms with Crippen LogP contribution in [0, 0.1) is 10.1 Å². The molecule has 0 radical (unpaired) electrons. The Labute approximate surface area is 119 Å². The van der Waals surface area contributed by atoms with E-state index in [0.29, 0.717) is 23.4 Å². The first-order chi connectivity index (χ1) is 10.2. The highest BCUT2D eigenvalue weighted by atomic mass is 16.6. The van der Waals surface area contributed by atoms with Gasteiger partial charge in [0.2, 0.25) is 0 Å². The van der Waals surface area contributed by atoms with Crippen molar-refractivity contribution in [3.8, 4) is 11.4 Å². The van der Waals surface area contributed by atoms with E-state index in [9.17, 15) is 14.9 Å². The third-order valence-corrected chi connectivity index (χ3v) is 3.41. The van der Waals surface area contributed by atoms with Crippen LogP contribution in [-0.2, 0) is 0 Å². The van der Waals surface area contributed by atoms with E-state index in [1.54, 1.807) is 0 Å². The summed E-state index contributed by atoms with van der Waals surface area (Å²) < 4.78 is 6.70. The first-order valence-electron chi connectivity index (χ1n) is 6.39. The number of nitro benzene ring substituents is 1. The highest BCUT2D eigenvalue weighted by molar-refractivity contribution is 5.74. The predicted molar refractivity (Wildman–Crippen MR) is 71.9 cm³/mol. The van der Waals surface area contributed by atoms with Gasteiger partial charge in [0, 0.05) is 18.1 Å². The number of non-ortho nitro benzene ring substituents is 1. The number of carbonyl (C=O) groups excluding carboxylic acids is 1. The number of benzene rings is 1. The molecule has 0 bridgehead atoms. The van der Waals surface area contributed by atoms with Crippen LogP contribution in [0.4, 0.5) is 5.69 Å². The molecule has 1 heterocycles. The summed E-state index contributed by atoms with van der Waals surface area (Å²) in [5, 5.41) is 18.7. The largest absolute Gasteiger partial charge is 0.494 e. The van der Waals surface area contributed by atoms with Crippen LogP contribution in [0.1, 0.15) is 34.9 Å². The molecule has 1 aliphatic rings. The number of nitrogens with zero attached hydrogens (tertiary/aromatic N) is 4. The van der Waals surface area contributed by atoms with Crippen molar-refractivity contribution in [1.29, 1.82) is 0 Å². The molecule has 8 heteroatoms. The molecular weight excluding hydrogens is 276 g/mol. The van der Waals surface area contributed by atoms with Gasteiger partial charge in [-0.1, -0.05) is 5.21 Å². The molecule has 1 fully saturated rings. The van der Waals surface area contributed by atoms with Crippen LogP contribution in [0.5, 0.6) is 5.75 Å². The van der Waals surface area contributed by atoms with Gasteiger partial charge in [-0.3, -0.25) is 14.9 Å². The van der Waals surface area contributed by atoms with Crippen molar-refractivity contribution in [3.05, 3.63) is 39.7 Å². The van der Waals surface area contributed by atoms with Crippen molar-refractivity contribution in [2.45, 2.75) is 18.8 Å². The van der Waals surface area contributed by atoms with Crippen LogP contribution >= 0.6 is 0 Å². The molecule has 0 atom stereocenters. The molecule has 3 rings (SSSR count). The Kier molecular flexibility index (Phi) is 3.13. The molecule has 1 aromatic carbocycles. The zero-order chi connectivity index (χ0) is 15.0. The van der Waals surface area contributed by atoms with Gasteiger partial charge >= 0.3 is 0 Å². The third-order valence-electron chi connectivity index (χ3n) is 3.41. The molecule has 2 aromatic rings. The van der Waals surface area contributed by atoms with Crippen molar-refractivity contribution in [1.82, 2.24) is 15.0 Å². The summed E-state index contributed by atoms with van der Waals surface area (Å²) in [5.41, 5.74) is 1.29. The fourth-order valence-corrected chi connectivity index (χ4v) is 2.26. The molecule has 1 aliphatic carbocycles. The highest BCUT2D eigenvalue weighted by Gasteiger charge is 2.32. The Morgan fingerprint density at radius 3 is 2.81 bits per heavy atom. The number of aromatic nitrogens is 3. The van der Waals surface area contributed by atoms with E-state index in [1.165, 1.54) is 30.0 Å². The third kappa shape index (κ3) is 2.24. The Morgan fingerprint density at radius 2 is 2.24 bits per heavy atom. The minimum absolute atomic E-state index is 0.0734. The average Bonchev–Trinajstić information content (AvgIpc) is 3.25. The summed E-state index contributed by atoms with van der Waals surface area (Å²) in [6, 6.07) is 4.23. The van der Waals surface area contributed by atoms with Gasteiger partial charge < -0.3 is 4.74 Å². The fourth-order valence-electron chi connectivity index (χ4n) is 2.26. The minimum Gasteiger partial charge on any atom is -0.494 e. The molecule has 0 aliphatic heterocycles. The number of hydrogen-bond acceptors (Lipinski definition) is 6. The van der Waals surface area contributed by atoms with Crippen molar-refractivity contribution in [2.24, 2.45) is 0 Å². The van der Waals surface area contributed by atoms with Crippen LogP contribution in [0.15, 0.2) is 18.2 Å². The summed E-state index contributed by atoms with van der Waals surface area (Å²) >= 11 is 0. The summed E-state index contributed by atoms with van der Waals surface area (Å²) in [4.78, 5) is 21.5. The number of rotatable bonds is 5. The summed E-state index contributed by atoms with van der Waals surface area (Å²) in [7, 11) is 1.47. The van der Waals surface area contributed by atoms with Gasteiger partial charge in [-0.15, -0.1) is 5.10 Å². The van der Waals surface area contributed by atoms with E-state index in [4.69, 9.17) is 4.74 Å². The Bertz CT molecular complexity index is 721. The van der Waals surface area contributed by atoms with Crippen molar-refractivity contribution in [2.75, 3.05) is 7.11 Å². The smallest absolute Gasteiger partial charge is 0.271 e. The second-order valence-corrected chi connectivity index (χ2v) is 4.78. The van der Waals surface area contributed by atoms with Crippen molar-refractivity contribution < 1.29 is 14.5 Å². The van der Waals surface area contributed by atoms with Gasteiger partial charge in [-0.2, -0.15) is 0 Å². The average molecular weight is 288 g/mol. The lowest BCUT2D eigenvalue weighted by molar-refractivity contribution is -0.384. The van der Waals surface area contributed by atoms with E-state index in [-0.39, 0.29) is 17.3 Å². The fraction of sp³-hybridized carbons (Fsp3) is 0.308. The normalized spacial score (nSPS) is 14.0. The Hall–Kier alpha value is -2.77. The zero-order valence-electron chi connectivity index (χ0n) is 11.2. The lowest BCUT2D eigenvalue weighted by Gasteiger charge is -2.10. The molecule has 0 spiro atoms. The second-order valence-electron chi connectivity index (χ2n) is 4.78. The molecule has 0 amide bonds. The van der Waals surface area contributed by atoms with Crippen LogP contribution in [0.2, 0.25) is 0 Å². The Balaban J connectivity index is 2.19. The number of aldehydes is 1. The maximum atomic E-state index is 11.1. The minimum atomic E-state index is -0.489. The topological polar surface area (TPSA) is 100 Å². The maximum absolute atomic E-state index is 11.1. The van der Waals surface area contributed by atoms with Gasteiger partial charge in [0.05, 0.1) is 17.7 Å². The number of methoxy groups -OCH3 is 1. The van der Waals surface area contributed by atoms with Crippen molar-refractivity contribution >= 4 is 12.0 Å². The van der Waals surface area contributed by atoms with Gasteiger partial charge in [0.1, 0.15) is 17.1 Å². The van der Waals surface area contributed by atoms with Crippen LogP contribution < -0.4 is 4.74 Å². The molecule has 0 unspecified atom stereocenters. The molecule has 0 N–H and O–H groups in total. The molecule has 1 saturated carbocycles. The van der Waals surface area contributed by atoms with Gasteiger partial charge in [0.15, 0.2) is 6.29 Å². The van der Waals surface area contributed by atoms with Crippen LogP contribution in [-0.4, -0.2) is 33.3 Å². The maximum Gasteiger partial charge on any atom is 0.271 e. The second kappa shape index (κ2) is 4.97. The van der Waals surface area contributed by atoms with Crippen molar-refractivity contribution in [3.63, 3.8) is 0 Å². The van der Waals surface area contributed by atoms with E-state index in [0.717, 1.165) is 12.8 Å². The summed E-state index contributed by atoms with van der Waals surface area (Å²) in [6.45, 7) is 0. The first kappa shape index (κ1) is 13.2. The number of ether oxygens (including phenoxy) is 1. The number of nitro groups is 1. The van der Waals surface area contributed by atoms with Gasteiger partial charge in [0.25, 0.3) is 5.69 Å². The molecule has 1 aromatic heterocycles. The van der Waals surface area contributed by atoms with E-state index in [2.05, 4.69) is 10.3 Å². The quantitative estimate of drug-likeness (QED) is 0.473. The molecular formula is C13H12N4O4. The lowest BCUT2D eigenvalue weighted by Crippen LogP contribution is -2.05. The standard InChI is InChI=1S/C13H12N4O4/c1-21-12-5-4-9(17(19)20)6-11(12)16-13(8-2-3-8)10(7-18)14-15-16/h4-8H,2-3H2,1H3. The Morgan fingerprint density at radius 1 is 1.48 bits per heavy atom.